The number of carbonyl (C=O) groups excluding carboxylic acids is 1. The minimum atomic E-state index is -0.0616. The first-order valence-electron chi connectivity index (χ1n) is 6.35. The summed E-state index contributed by atoms with van der Waals surface area (Å²) >= 11 is 3.41. The molecule has 0 saturated heterocycles. The summed E-state index contributed by atoms with van der Waals surface area (Å²) in [5, 5.41) is 5.88. The van der Waals surface area contributed by atoms with Crippen molar-refractivity contribution in [3.05, 3.63) is 58.2 Å². The summed E-state index contributed by atoms with van der Waals surface area (Å²) in [6.45, 7) is 0.765. The molecule has 0 spiro atoms. The molecule has 2 rings (SSSR count). The van der Waals surface area contributed by atoms with Crippen molar-refractivity contribution in [3.8, 4) is 0 Å². The van der Waals surface area contributed by atoms with Crippen molar-refractivity contribution in [2.45, 2.75) is 6.42 Å². The molecule has 0 aliphatic carbocycles. The SMILES string of the molecule is CNC(=O)c1cccc(CCNc2cc(Br)ccn2)c1. The molecule has 0 unspecified atom stereocenters. The summed E-state index contributed by atoms with van der Waals surface area (Å²) in [6.07, 6.45) is 2.58. The lowest BCUT2D eigenvalue weighted by Crippen LogP contribution is -2.18. The third-order valence-corrected chi connectivity index (χ3v) is 3.35. The predicted molar refractivity (Wildman–Crippen MR) is 84.0 cm³/mol. The van der Waals surface area contributed by atoms with Gasteiger partial charge >= 0.3 is 0 Å². The molecule has 5 heteroatoms. The van der Waals surface area contributed by atoms with Gasteiger partial charge in [0.25, 0.3) is 5.91 Å². The quantitative estimate of drug-likeness (QED) is 0.884. The maximum Gasteiger partial charge on any atom is 0.251 e. The highest BCUT2D eigenvalue weighted by atomic mass is 79.9. The van der Waals surface area contributed by atoms with E-state index >= 15 is 0 Å². The smallest absolute Gasteiger partial charge is 0.251 e. The molecule has 2 N–H and O–H groups in total. The number of nitrogens with one attached hydrogen (secondary N) is 2. The summed E-state index contributed by atoms with van der Waals surface area (Å²) < 4.78 is 0.997. The van der Waals surface area contributed by atoms with E-state index in [2.05, 4.69) is 31.5 Å². The molecule has 1 heterocycles. The third kappa shape index (κ3) is 4.06. The van der Waals surface area contributed by atoms with Gasteiger partial charge in [-0.05, 0) is 36.2 Å². The zero-order valence-electron chi connectivity index (χ0n) is 11.2. The summed E-state index contributed by atoms with van der Waals surface area (Å²) in [6, 6.07) is 11.5. The molecule has 0 saturated carbocycles. The maximum atomic E-state index is 11.6. The molecular weight excluding hydrogens is 318 g/mol. The van der Waals surface area contributed by atoms with Gasteiger partial charge in [-0.3, -0.25) is 4.79 Å². The van der Waals surface area contributed by atoms with E-state index in [1.807, 2.05) is 36.4 Å². The summed E-state index contributed by atoms with van der Waals surface area (Å²) in [5.41, 5.74) is 1.80. The van der Waals surface area contributed by atoms with Crippen molar-refractivity contribution in [1.82, 2.24) is 10.3 Å². The highest BCUT2D eigenvalue weighted by Crippen LogP contribution is 2.13. The first-order valence-corrected chi connectivity index (χ1v) is 7.15. The van der Waals surface area contributed by atoms with Crippen LogP contribution < -0.4 is 10.6 Å². The van der Waals surface area contributed by atoms with Gasteiger partial charge in [0, 0.05) is 29.8 Å². The number of amides is 1. The minimum Gasteiger partial charge on any atom is -0.370 e. The van der Waals surface area contributed by atoms with E-state index < -0.39 is 0 Å². The van der Waals surface area contributed by atoms with Gasteiger partial charge in [-0.1, -0.05) is 28.1 Å². The highest BCUT2D eigenvalue weighted by molar-refractivity contribution is 9.10. The molecule has 2 aromatic rings. The van der Waals surface area contributed by atoms with Gasteiger partial charge in [-0.15, -0.1) is 0 Å². The molecule has 0 atom stereocenters. The second-order valence-electron chi connectivity index (χ2n) is 4.32. The van der Waals surface area contributed by atoms with Crippen LogP contribution in [0.3, 0.4) is 0 Å². The predicted octanol–water partition coefficient (Wildman–Crippen LogP) is 2.86. The van der Waals surface area contributed by atoms with Gasteiger partial charge in [0.15, 0.2) is 0 Å². The van der Waals surface area contributed by atoms with Crippen LogP contribution in [0, 0.1) is 0 Å². The van der Waals surface area contributed by atoms with Crippen LogP contribution in [0.1, 0.15) is 15.9 Å². The first-order chi connectivity index (χ1) is 9.69. The Morgan fingerprint density at radius 2 is 2.15 bits per heavy atom. The zero-order valence-corrected chi connectivity index (χ0v) is 12.8. The van der Waals surface area contributed by atoms with Crippen LogP contribution in [0.15, 0.2) is 47.1 Å². The molecule has 4 nitrogen and oxygen atoms in total. The Balaban J connectivity index is 1.92. The largest absolute Gasteiger partial charge is 0.370 e. The minimum absolute atomic E-state index is 0.0616. The number of rotatable bonds is 5. The molecule has 0 radical (unpaired) electrons. The Morgan fingerprint density at radius 3 is 2.90 bits per heavy atom. The lowest BCUT2D eigenvalue weighted by molar-refractivity contribution is 0.0963. The molecule has 0 aliphatic rings. The Hall–Kier alpha value is -1.88. The van der Waals surface area contributed by atoms with Gasteiger partial charge in [-0.25, -0.2) is 4.98 Å². The molecule has 1 amide bonds. The fraction of sp³-hybridized carbons (Fsp3) is 0.200. The van der Waals surface area contributed by atoms with E-state index in [1.54, 1.807) is 13.2 Å². The zero-order chi connectivity index (χ0) is 14.4. The van der Waals surface area contributed by atoms with E-state index in [4.69, 9.17) is 0 Å². The van der Waals surface area contributed by atoms with E-state index in [0.717, 1.165) is 28.8 Å². The van der Waals surface area contributed by atoms with Gasteiger partial charge in [-0.2, -0.15) is 0 Å². The van der Waals surface area contributed by atoms with Crippen LogP contribution in [0.4, 0.5) is 5.82 Å². The molecule has 20 heavy (non-hydrogen) atoms. The second kappa shape index (κ2) is 7.05. The van der Waals surface area contributed by atoms with Crippen molar-refractivity contribution in [3.63, 3.8) is 0 Å². The lowest BCUT2D eigenvalue weighted by Gasteiger charge is -2.07. The van der Waals surface area contributed by atoms with Gasteiger partial charge in [0.1, 0.15) is 5.82 Å². The van der Waals surface area contributed by atoms with E-state index in [9.17, 15) is 4.79 Å². The lowest BCUT2D eigenvalue weighted by atomic mass is 10.1. The number of benzene rings is 1. The topological polar surface area (TPSA) is 54.0 Å². The molecule has 0 bridgehead atoms. The maximum absolute atomic E-state index is 11.6. The monoisotopic (exact) mass is 333 g/mol. The van der Waals surface area contributed by atoms with Crippen molar-refractivity contribution in [2.75, 3.05) is 18.9 Å². The molecule has 1 aromatic carbocycles. The summed E-state index contributed by atoms with van der Waals surface area (Å²) in [5.74, 6) is 0.773. The van der Waals surface area contributed by atoms with Crippen LogP contribution in [0.25, 0.3) is 0 Å². The number of anilines is 1. The van der Waals surface area contributed by atoms with Gasteiger partial charge in [0.2, 0.25) is 0 Å². The number of halogens is 1. The number of hydrogen-bond acceptors (Lipinski definition) is 3. The number of carbonyl (C=O) groups is 1. The Kier molecular flexibility index (Phi) is 5.12. The average molecular weight is 334 g/mol. The number of aromatic nitrogens is 1. The van der Waals surface area contributed by atoms with Crippen molar-refractivity contribution >= 4 is 27.7 Å². The van der Waals surface area contributed by atoms with Crippen LogP contribution in [-0.4, -0.2) is 24.5 Å². The van der Waals surface area contributed by atoms with Crippen LogP contribution in [-0.2, 0) is 6.42 Å². The normalized spacial score (nSPS) is 10.1. The number of nitrogens with zero attached hydrogens (tertiary/aromatic N) is 1. The Bertz CT molecular complexity index is 601. The number of hydrogen-bond donors (Lipinski definition) is 2. The third-order valence-electron chi connectivity index (χ3n) is 2.86. The molecule has 0 fully saturated rings. The molecule has 104 valence electrons. The van der Waals surface area contributed by atoms with Crippen LogP contribution >= 0.6 is 15.9 Å². The van der Waals surface area contributed by atoms with Crippen molar-refractivity contribution in [2.24, 2.45) is 0 Å². The van der Waals surface area contributed by atoms with E-state index in [1.165, 1.54) is 0 Å². The fourth-order valence-electron chi connectivity index (χ4n) is 1.85. The average Bonchev–Trinajstić information content (AvgIpc) is 2.47. The second-order valence-corrected chi connectivity index (χ2v) is 5.23. The standard InChI is InChI=1S/C15H16BrN3O/c1-17-15(20)12-4-2-3-11(9-12)5-7-18-14-10-13(16)6-8-19-14/h2-4,6,8-10H,5,7H2,1H3,(H,17,20)(H,18,19). The van der Waals surface area contributed by atoms with Crippen molar-refractivity contribution in [1.29, 1.82) is 0 Å². The molecule has 0 aliphatic heterocycles. The summed E-state index contributed by atoms with van der Waals surface area (Å²) in [4.78, 5) is 15.8. The van der Waals surface area contributed by atoms with Crippen molar-refractivity contribution < 1.29 is 4.79 Å². The first kappa shape index (κ1) is 14.5. The van der Waals surface area contributed by atoms with E-state index in [0.29, 0.717) is 5.56 Å². The number of pyridine rings is 1. The Morgan fingerprint density at radius 1 is 1.30 bits per heavy atom. The highest BCUT2D eigenvalue weighted by Gasteiger charge is 2.03. The van der Waals surface area contributed by atoms with Crippen LogP contribution in [0.2, 0.25) is 0 Å². The van der Waals surface area contributed by atoms with Gasteiger partial charge in [0.05, 0.1) is 0 Å². The molecular formula is C15H16BrN3O. The fourth-order valence-corrected chi connectivity index (χ4v) is 2.18. The summed E-state index contributed by atoms with van der Waals surface area (Å²) in [7, 11) is 1.63. The Labute approximate surface area is 126 Å². The molecule has 1 aromatic heterocycles. The van der Waals surface area contributed by atoms with Crippen LogP contribution in [0.5, 0.6) is 0 Å². The van der Waals surface area contributed by atoms with Gasteiger partial charge < -0.3 is 10.6 Å². The van der Waals surface area contributed by atoms with E-state index in [-0.39, 0.29) is 5.91 Å².